The van der Waals surface area contributed by atoms with Crippen LogP contribution in [0.3, 0.4) is 0 Å². The summed E-state index contributed by atoms with van der Waals surface area (Å²) in [6.45, 7) is 2.14. The van der Waals surface area contributed by atoms with E-state index in [1.807, 2.05) is 18.2 Å². The number of hydrogen-bond acceptors (Lipinski definition) is 4. The highest BCUT2D eigenvalue weighted by Gasteiger charge is 2.03. The van der Waals surface area contributed by atoms with Crippen LogP contribution in [0.5, 0.6) is 5.75 Å². The molecule has 3 rings (SSSR count). The first kappa shape index (κ1) is 24.3. The number of aromatic amines is 1. The van der Waals surface area contributed by atoms with E-state index in [1.54, 1.807) is 18.9 Å². The van der Waals surface area contributed by atoms with Crippen molar-refractivity contribution in [2.75, 3.05) is 12.9 Å². The molecule has 0 saturated carbocycles. The molecule has 0 unspecified atom stereocenters. The van der Waals surface area contributed by atoms with Crippen molar-refractivity contribution >= 4 is 32.8 Å². The Morgan fingerprint density at radius 2 is 1.63 bits per heavy atom. The van der Waals surface area contributed by atoms with Gasteiger partial charge in [-0.25, -0.2) is 0 Å². The Morgan fingerprint density at radius 3 is 2.27 bits per heavy atom. The van der Waals surface area contributed by atoms with Crippen molar-refractivity contribution in [3.63, 3.8) is 0 Å². The highest BCUT2D eigenvalue weighted by atomic mass is 32.2. The van der Waals surface area contributed by atoms with Gasteiger partial charge in [-0.2, -0.15) is 8.42 Å². The topological polar surface area (TPSA) is 79.4 Å². The van der Waals surface area contributed by atoms with Gasteiger partial charge in [-0.3, -0.25) is 4.55 Å². The van der Waals surface area contributed by atoms with Crippen LogP contribution in [0.4, 0.5) is 0 Å². The van der Waals surface area contributed by atoms with Crippen LogP contribution in [0.2, 0.25) is 0 Å². The number of unbranched alkanes of at least 4 members (excludes halogenated alkanes) is 5. The standard InChI is InChI=1S/C15H13NOS.C8H18O3S/c1-17-12-6-8-13(9-7-12)18-15-10-11-4-2-3-5-14(11)16-15;1-2-3-4-5-6-7-8-12(9,10)11/h2-10,16H,1H3;2-8H2,1H3,(H,9,10,11). The Kier molecular flexibility index (Phi) is 10.3. The lowest BCUT2D eigenvalue weighted by atomic mass is 10.1. The first-order valence-electron chi connectivity index (χ1n) is 10.3. The third-order valence-electron chi connectivity index (χ3n) is 4.55. The summed E-state index contributed by atoms with van der Waals surface area (Å²) in [5.74, 6) is 0.801. The van der Waals surface area contributed by atoms with Gasteiger partial charge in [0.05, 0.1) is 17.9 Å². The fourth-order valence-corrected chi connectivity index (χ4v) is 4.38. The highest BCUT2D eigenvalue weighted by molar-refractivity contribution is 7.99. The second kappa shape index (κ2) is 12.7. The van der Waals surface area contributed by atoms with Gasteiger partial charge in [-0.05, 0) is 42.8 Å². The fourth-order valence-electron chi connectivity index (χ4n) is 2.94. The number of aromatic nitrogens is 1. The molecule has 3 aromatic rings. The molecule has 5 nitrogen and oxygen atoms in total. The van der Waals surface area contributed by atoms with E-state index >= 15 is 0 Å². The molecule has 1 heterocycles. The quantitative estimate of drug-likeness (QED) is 0.270. The van der Waals surface area contributed by atoms with Crippen LogP contribution in [0.15, 0.2) is 64.5 Å². The highest BCUT2D eigenvalue weighted by Crippen LogP contribution is 2.30. The predicted octanol–water partition coefficient (Wildman–Crippen LogP) is 6.56. The zero-order valence-corrected chi connectivity index (χ0v) is 19.3. The first-order valence-corrected chi connectivity index (χ1v) is 12.7. The van der Waals surface area contributed by atoms with Crippen molar-refractivity contribution in [1.82, 2.24) is 4.98 Å². The maximum Gasteiger partial charge on any atom is 0.264 e. The Hall–Kier alpha value is -1.96. The lowest BCUT2D eigenvalue weighted by Gasteiger charge is -2.01. The van der Waals surface area contributed by atoms with Crippen LogP contribution in [0.25, 0.3) is 10.9 Å². The average molecular weight is 450 g/mol. The summed E-state index contributed by atoms with van der Waals surface area (Å²) in [6, 6.07) is 18.6. The summed E-state index contributed by atoms with van der Waals surface area (Å²) >= 11 is 1.72. The Balaban J connectivity index is 0.000000235. The molecule has 0 spiro atoms. The number of fused-ring (bicyclic) bond motifs is 1. The third kappa shape index (κ3) is 9.24. The van der Waals surface area contributed by atoms with Crippen LogP contribution >= 0.6 is 11.8 Å². The summed E-state index contributed by atoms with van der Waals surface area (Å²) in [7, 11) is -2.04. The molecule has 0 amide bonds. The van der Waals surface area contributed by atoms with E-state index in [9.17, 15) is 8.42 Å². The summed E-state index contributed by atoms with van der Waals surface area (Å²) < 4.78 is 34.1. The number of para-hydroxylation sites is 1. The Bertz CT molecular complexity index is 949. The van der Waals surface area contributed by atoms with Gasteiger partial charge in [-0.15, -0.1) is 0 Å². The molecule has 0 fully saturated rings. The van der Waals surface area contributed by atoms with E-state index in [2.05, 4.69) is 48.3 Å². The molecule has 30 heavy (non-hydrogen) atoms. The van der Waals surface area contributed by atoms with Gasteiger partial charge in [0.15, 0.2) is 0 Å². The number of rotatable bonds is 10. The molecule has 2 aromatic carbocycles. The molecular formula is C23H31NO4S2. The summed E-state index contributed by atoms with van der Waals surface area (Å²) in [5, 5.41) is 2.40. The molecule has 0 aliphatic carbocycles. The fraction of sp³-hybridized carbons (Fsp3) is 0.391. The van der Waals surface area contributed by atoms with Gasteiger partial charge in [0.2, 0.25) is 0 Å². The number of ether oxygens (including phenoxy) is 1. The van der Waals surface area contributed by atoms with Crippen LogP contribution in [-0.4, -0.2) is 30.8 Å². The van der Waals surface area contributed by atoms with Crippen molar-refractivity contribution < 1.29 is 17.7 Å². The molecule has 0 saturated heterocycles. The van der Waals surface area contributed by atoms with Gasteiger partial charge < -0.3 is 9.72 Å². The van der Waals surface area contributed by atoms with E-state index in [-0.39, 0.29) is 5.75 Å². The Labute approximate surface area is 184 Å². The van der Waals surface area contributed by atoms with E-state index in [1.165, 1.54) is 35.1 Å². The first-order chi connectivity index (χ1) is 14.4. The zero-order chi connectivity index (χ0) is 21.8. The molecule has 1 aromatic heterocycles. The second-order valence-electron chi connectivity index (χ2n) is 7.05. The second-order valence-corrected chi connectivity index (χ2v) is 9.74. The van der Waals surface area contributed by atoms with Crippen molar-refractivity contribution in [3.8, 4) is 5.75 Å². The maximum atomic E-state index is 10.3. The molecule has 0 atom stereocenters. The van der Waals surface area contributed by atoms with Gasteiger partial charge in [0.25, 0.3) is 10.1 Å². The van der Waals surface area contributed by atoms with Crippen molar-refractivity contribution in [3.05, 3.63) is 54.6 Å². The normalized spacial score (nSPS) is 11.2. The maximum absolute atomic E-state index is 10.3. The zero-order valence-electron chi connectivity index (χ0n) is 17.6. The van der Waals surface area contributed by atoms with Gasteiger partial charge >= 0.3 is 0 Å². The molecule has 2 N–H and O–H groups in total. The molecule has 164 valence electrons. The van der Waals surface area contributed by atoms with Crippen LogP contribution < -0.4 is 4.74 Å². The Morgan fingerprint density at radius 1 is 0.967 bits per heavy atom. The third-order valence-corrected chi connectivity index (χ3v) is 6.30. The lowest BCUT2D eigenvalue weighted by Crippen LogP contribution is -2.03. The van der Waals surface area contributed by atoms with E-state index < -0.39 is 10.1 Å². The molecular weight excluding hydrogens is 418 g/mol. The van der Waals surface area contributed by atoms with Crippen LogP contribution in [0.1, 0.15) is 45.4 Å². The average Bonchev–Trinajstić information content (AvgIpc) is 3.13. The van der Waals surface area contributed by atoms with Gasteiger partial charge in [-0.1, -0.05) is 69.0 Å². The molecule has 0 aliphatic heterocycles. The van der Waals surface area contributed by atoms with Gasteiger partial charge in [0, 0.05) is 15.8 Å². The molecule has 0 radical (unpaired) electrons. The summed E-state index contributed by atoms with van der Waals surface area (Å²) in [4.78, 5) is 4.60. The number of H-pyrrole nitrogens is 1. The number of benzene rings is 2. The minimum atomic E-state index is -3.72. The summed E-state index contributed by atoms with van der Waals surface area (Å²) in [5.41, 5.74) is 1.17. The van der Waals surface area contributed by atoms with Gasteiger partial charge in [0.1, 0.15) is 5.75 Å². The number of methoxy groups -OCH3 is 1. The minimum absolute atomic E-state index is 0.0842. The molecule has 7 heteroatoms. The predicted molar refractivity (Wildman–Crippen MR) is 125 cm³/mol. The largest absolute Gasteiger partial charge is 0.497 e. The van der Waals surface area contributed by atoms with Crippen molar-refractivity contribution in [1.29, 1.82) is 0 Å². The molecule has 0 aliphatic rings. The lowest BCUT2D eigenvalue weighted by molar-refractivity contribution is 0.414. The van der Waals surface area contributed by atoms with Crippen LogP contribution in [0, 0.1) is 0 Å². The van der Waals surface area contributed by atoms with E-state index in [0.717, 1.165) is 23.6 Å². The van der Waals surface area contributed by atoms with E-state index in [4.69, 9.17) is 9.29 Å². The van der Waals surface area contributed by atoms with Crippen molar-refractivity contribution in [2.24, 2.45) is 0 Å². The van der Waals surface area contributed by atoms with Crippen LogP contribution in [-0.2, 0) is 10.1 Å². The molecule has 0 bridgehead atoms. The summed E-state index contributed by atoms with van der Waals surface area (Å²) in [6.07, 6.45) is 6.14. The monoisotopic (exact) mass is 449 g/mol. The number of hydrogen-bond donors (Lipinski definition) is 2. The van der Waals surface area contributed by atoms with E-state index in [0.29, 0.717) is 6.42 Å². The number of nitrogens with one attached hydrogen (secondary N) is 1. The smallest absolute Gasteiger partial charge is 0.264 e. The minimum Gasteiger partial charge on any atom is -0.497 e. The van der Waals surface area contributed by atoms with Crippen molar-refractivity contribution in [2.45, 2.75) is 55.4 Å². The SMILES string of the molecule is CCCCCCCCS(=O)(=O)O.COc1ccc(Sc2cc3ccccc3[nH]2)cc1.